The fourth-order valence-electron chi connectivity index (χ4n) is 4.00. The Balaban J connectivity index is 1.19. The third-order valence-electron chi connectivity index (χ3n) is 6.11. The molecule has 182 valence electrons. The zero-order valence-electron chi connectivity index (χ0n) is 19.5. The van der Waals surface area contributed by atoms with Gasteiger partial charge in [0, 0.05) is 6.20 Å². The number of nitrogens with zero attached hydrogens (tertiary/aromatic N) is 3. The molecule has 0 bridgehead atoms. The normalized spacial score (nSPS) is 14.0. The van der Waals surface area contributed by atoms with Crippen LogP contribution in [-0.2, 0) is 0 Å². The topological polar surface area (TPSA) is 107 Å². The molecule has 1 amide bonds. The first-order valence-electron chi connectivity index (χ1n) is 11.7. The largest absolute Gasteiger partial charge is 0.475 e. The van der Waals surface area contributed by atoms with Crippen LogP contribution in [0.3, 0.4) is 0 Å². The summed E-state index contributed by atoms with van der Waals surface area (Å²) in [5, 5.41) is 7.72. The number of anilines is 4. The zero-order valence-corrected chi connectivity index (χ0v) is 21.1. The molecule has 36 heavy (non-hydrogen) atoms. The molecule has 4 aromatic heterocycles. The van der Waals surface area contributed by atoms with Gasteiger partial charge in [0.1, 0.15) is 11.8 Å². The first kappa shape index (κ1) is 22.6. The summed E-state index contributed by atoms with van der Waals surface area (Å²) in [6.45, 7) is 2.13. The summed E-state index contributed by atoms with van der Waals surface area (Å²) in [6.07, 6.45) is 6.31. The number of rotatable bonds is 8. The number of nitrogens with one attached hydrogen (secondary N) is 2. The van der Waals surface area contributed by atoms with E-state index >= 15 is 0 Å². The van der Waals surface area contributed by atoms with E-state index in [0.717, 1.165) is 32.2 Å². The number of hydrogen-bond donors (Lipinski definition) is 3. The molecule has 4 N–H and O–H groups in total. The first-order valence-corrected chi connectivity index (χ1v) is 13.3. The van der Waals surface area contributed by atoms with E-state index in [1.807, 2.05) is 53.2 Å². The Morgan fingerprint density at radius 1 is 1.08 bits per heavy atom. The number of hydrogen-bond acceptors (Lipinski definition) is 8. The van der Waals surface area contributed by atoms with Gasteiger partial charge in [0.05, 0.1) is 38.0 Å². The summed E-state index contributed by atoms with van der Waals surface area (Å²) < 4.78 is 8.34. The van der Waals surface area contributed by atoms with Gasteiger partial charge in [-0.15, -0.1) is 11.3 Å². The summed E-state index contributed by atoms with van der Waals surface area (Å²) in [6, 6.07) is 16.8. The highest BCUT2D eigenvalue weighted by Crippen LogP contribution is 2.37. The molecule has 10 heteroatoms. The number of aromatic nitrogens is 3. The van der Waals surface area contributed by atoms with Crippen molar-refractivity contribution in [1.29, 1.82) is 0 Å². The van der Waals surface area contributed by atoms with Gasteiger partial charge in [-0.3, -0.25) is 9.20 Å². The van der Waals surface area contributed by atoms with E-state index in [2.05, 4.69) is 27.5 Å². The number of para-hydroxylation sites is 2. The van der Waals surface area contributed by atoms with Gasteiger partial charge in [0.15, 0.2) is 11.0 Å². The number of amides is 1. The van der Waals surface area contributed by atoms with Gasteiger partial charge < -0.3 is 21.1 Å². The maximum atomic E-state index is 12.7. The standard InChI is InChI=1S/C26H24N6O2S2/c1-15(16-9-10-16)34-24-8-4-7-22-28-13-19(32(22)24)21-14-29-26(36-21)31-23-12-11-20(35-23)25(33)30-18-6-3-2-5-17(18)27/h2-8,11-16H,9-10,27H2,1H3,(H,29,31)(H,30,33). The van der Waals surface area contributed by atoms with Crippen molar-refractivity contribution in [3.8, 4) is 16.5 Å². The Kier molecular flexibility index (Phi) is 5.82. The first-order chi connectivity index (χ1) is 17.5. The van der Waals surface area contributed by atoms with Crippen molar-refractivity contribution in [1.82, 2.24) is 14.4 Å². The van der Waals surface area contributed by atoms with Crippen LogP contribution in [0.15, 0.2) is 67.0 Å². The lowest BCUT2D eigenvalue weighted by Gasteiger charge is -2.15. The second kappa shape index (κ2) is 9.29. The predicted molar refractivity (Wildman–Crippen MR) is 146 cm³/mol. The second-order valence-corrected chi connectivity index (χ2v) is 10.8. The average Bonchev–Trinajstić information content (AvgIpc) is 3.24. The number of thiophene rings is 1. The number of ether oxygens (including phenoxy) is 1. The van der Waals surface area contributed by atoms with E-state index in [4.69, 9.17) is 10.5 Å². The van der Waals surface area contributed by atoms with E-state index in [0.29, 0.717) is 22.2 Å². The number of imidazole rings is 1. The zero-order chi connectivity index (χ0) is 24.6. The van der Waals surface area contributed by atoms with Crippen LogP contribution in [0.5, 0.6) is 5.88 Å². The number of pyridine rings is 1. The smallest absolute Gasteiger partial charge is 0.265 e. The fraction of sp³-hybridized carbons (Fsp3) is 0.192. The lowest BCUT2D eigenvalue weighted by molar-refractivity contribution is 0.103. The lowest BCUT2D eigenvalue weighted by atomic mass is 10.2. The van der Waals surface area contributed by atoms with E-state index in [9.17, 15) is 4.79 Å². The van der Waals surface area contributed by atoms with Crippen molar-refractivity contribution < 1.29 is 9.53 Å². The van der Waals surface area contributed by atoms with E-state index in [-0.39, 0.29) is 12.0 Å². The molecule has 1 aliphatic rings. The average molecular weight is 517 g/mol. The number of carbonyl (C=O) groups excluding carboxylic acids is 1. The molecule has 1 unspecified atom stereocenters. The van der Waals surface area contributed by atoms with Crippen LogP contribution in [0.4, 0.5) is 21.5 Å². The van der Waals surface area contributed by atoms with Crippen LogP contribution in [0.25, 0.3) is 16.2 Å². The highest BCUT2D eigenvalue weighted by Gasteiger charge is 2.30. The van der Waals surface area contributed by atoms with Crippen molar-refractivity contribution in [3.05, 3.63) is 71.9 Å². The van der Waals surface area contributed by atoms with Gasteiger partial charge in [0.2, 0.25) is 0 Å². The Morgan fingerprint density at radius 3 is 2.78 bits per heavy atom. The number of fused-ring (bicyclic) bond motifs is 1. The lowest BCUT2D eigenvalue weighted by Crippen LogP contribution is -2.15. The molecule has 1 aliphatic carbocycles. The molecule has 0 radical (unpaired) electrons. The summed E-state index contributed by atoms with van der Waals surface area (Å²) in [7, 11) is 0. The molecule has 0 saturated heterocycles. The van der Waals surface area contributed by atoms with Crippen LogP contribution in [0.1, 0.15) is 29.4 Å². The molecule has 4 heterocycles. The molecule has 1 saturated carbocycles. The Labute approximate surface area is 215 Å². The molecule has 0 aliphatic heterocycles. The minimum Gasteiger partial charge on any atom is -0.475 e. The second-order valence-electron chi connectivity index (χ2n) is 8.72. The Morgan fingerprint density at radius 2 is 1.94 bits per heavy atom. The molecule has 0 spiro atoms. The van der Waals surface area contributed by atoms with Crippen molar-refractivity contribution in [3.63, 3.8) is 0 Å². The summed E-state index contributed by atoms with van der Waals surface area (Å²) in [5.41, 5.74) is 8.82. The molecular weight excluding hydrogens is 492 g/mol. The van der Waals surface area contributed by atoms with Gasteiger partial charge >= 0.3 is 0 Å². The molecule has 1 fully saturated rings. The van der Waals surface area contributed by atoms with Gasteiger partial charge in [-0.05, 0) is 62.1 Å². The predicted octanol–water partition coefficient (Wildman–Crippen LogP) is 6.27. The summed E-state index contributed by atoms with van der Waals surface area (Å²) in [4.78, 5) is 23.3. The van der Waals surface area contributed by atoms with Crippen LogP contribution in [-0.4, -0.2) is 26.4 Å². The highest BCUT2D eigenvalue weighted by atomic mass is 32.1. The van der Waals surface area contributed by atoms with E-state index in [1.54, 1.807) is 18.2 Å². The van der Waals surface area contributed by atoms with Crippen molar-refractivity contribution in [2.45, 2.75) is 25.9 Å². The van der Waals surface area contributed by atoms with Crippen molar-refractivity contribution in [2.75, 3.05) is 16.4 Å². The summed E-state index contributed by atoms with van der Waals surface area (Å²) in [5.74, 6) is 1.22. The number of thiazole rings is 1. The maximum absolute atomic E-state index is 12.7. The molecule has 1 atom stereocenters. The number of carbonyl (C=O) groups is 1. The van der Waals surface area contributed by atoms with Crippen LogP contribution in [0, 0.1) is 5.92 Å². The van der Waals surface area contributed by atoms with Crippen molar-refractivity contribution in [2.24, 2.45) is 5.92 Å². The van der Waals surface area contributed by atoms with Crippen LogP contribution < -0.4 is 21.1 Å². The summed E-state index contributed by atoms with van der Waals surface area (Å²) >= 11 is 2.87. The quantitative estimate of drug-likeness (QED) is 0.210. The molecule has 8 nitrogen and oxygen atoms in total. The van der Waals surface area contributed by atoms with E-state index < -0.39 is 0 Å². The third-order valence-corrected chi connectivity index (χ3v) is 8.05. The fourth-order valence-corrected chi connectivity index (χ4v) is 5.70. The Bertz CT molecular complexity index is 1550. The molecule has 5 aromatic rings. The van der Waals surface area contributed by atoms with Crippen molar-refractivity contribution >= 4 is 55.7 Å². The van der Waals surface area contributed by atoms with E-state index in [1.165, 1.54) is 35.5 Å². The number of nitrogens with two attached hydrogens (primary N) is 1. The van der Waals surface area contributed by atoms with Gasteiger partial charge in [-0.1, -0.05) is 29.5 Å². The minimum absolute atomic E-state index is 0.174. The SMILES string of the molecule is CC(Oc1cccc2ncc(-c3cnc(Nc4ccc(C(=O)Nc5ccccc5N)s4)s3)n12)C1CC1. The molecule has 1 aromatic carbocycles. The third kappa shape index (κ3) is 4.52. The van der Waals surface area contributed by atoms with Gasteiger partial charge in [-0.2, -0.15) is 0 Å². The van der Waals surface area contributed by atoms with Crippen LogP contribution in [0.2, 0.25) is 0 Å². The highest BCUT2D eigenvalue weighted by molar-refractivity contribution is 7.20. The molecular formula is C26H24N6O2S2. The van der Waals surface area contributed by atoms with Gasteiger partial charge in [0.25, 0.3) is 5.91 Å². The maximum Gasteiger partial charge on any atom is 0.265 e. The monoisotopic (exact) mass is 516 g/mol. The molecule has 6 rings (SSSR count). The number of nitrogen functional groups attached to an aromatic ring is 1. The van der Waals surface area contributed by atoms with Crippen LogP contribution >= 0.6 is 22.7 Å². The number of benzene rings is 1. The Hall–Kier alpha value is -3.89. The minimum atomic E-state index is -0.204. The van der Waals surface area contributed by atoms with Gasteiger partial charge in [-0.25, -0.2) is 9.97 Å².